The van der Waals surface area contributed by atoms with Gasteiger partial charge in [0.1, 0.15) is 10.7 Å². The summed E-state index contributed by atoms with van der Waals surface area (Å²) in [5, 5.41) is 4.62. The first-order chi connectivity index (χ1) is 8.68. The Balaban J connectivity index is 1.88. The number of benzene rings is 1. The van der Waals surface area contributed by atoms with Crippen molar-refractivity contribution in [3.8, 4) is 0 Å². The first-order valence-electron chi connectivity index (χ1n) is 5.43. The molecule has 2 rings (SSSR count). The van der Waals surface area contributed by atoms with E-state index in [1.54, 1.807) is 18.2 Å². The average Bonchev–Trinajstić information content (AvgIpc) is 2.78. The maximum absolute atomic E-state index is 13.3. The number of thiophene rings is 1. The first kappa shape index (κ1) is 13.2. The van der Waals surface area contributed by atoms with E-state index < -0.39 is 0 Å². The maximum Gasteiger partial charge on any atom is 0.262 e. The van der Waals surface area contributed by atoms with Gasteiger partial charge in [-0.3, -0.25) is 4.79 Å². The zero-order valence-corrected chi connectivity index (χ0v) is 11.9. The van der Waals surface area contributed by atoms with E-state index in [0.717, 1.165) is 4.47 Å². The lowest BCUT2D eigenvalue weighted by molar-refractivity contribution is 0.0957. The van der Waals surface area contributed by atoms with Gasteiger partial charge in [0.05, 0.1) is 0 Å². The van der Waals surface area contributed by atoms with E-state index in [9.17, 15) is 9.18 Å². The highest BCUT2D eigenvalue weighted by molar-refractivity contribution is 9.10. The number of rotatable bonds is 4. The van der Waals surface area contributed by atoms with Gasteiger partial charge in [-0.2, -0.15) is 0 Å². The quantitative estimate of drug-likeness (QED) is 0.912. The van der Waals surface area contributed by atoms with E-state index in [1.807, 2.05) is 11.4 Å². The van der Waals surface area contributed by atoms with Crippen molar-refractivity contribution in [3.05, 3.63) is 56.4 Å². The first-order valence-corrected chi connectivity index (χ1v) is 7.10. The molecule has 1 aromatic heterocycles. The van der Waals surface area contributed by atoms with Crippen molar-refractivity contribution >= 4 is 33.2 Å². The number of carbonyl (C=O) groups excluding carboxylic acids is 1. The Morgan fingerprint density at radius 1 is 1.33 bits per heavy atom. The zero-order chi connectivity index (χ0) is 13.0. The molecule has 0 aliphatic heterocycles. The molecule has 1 aromatic carbocycles. The second-order valence-corrected chi connectivity index (χ2v) is 5.47. The molecule has 0 aliphatic rings. The SMILES string of the molecule is O=C(NCCc1ccccc1F)c1sccc1Br. The van der Waals surface area contributed by atoms with Crippen LogP contribution < -0.4 is 5.32 Å². The van der Waals surface area contributed by atoms with Crippen molar-refractivity contribution < 1.29 is 9.18 Å². The van der Waals surface area contributed by atoms with Crippen LogP contribution in [0.4, 0.5) is 4.39 Å². The van der Waals surface area contributed by atoms with Crippen LogP contribution in [0.1, 0.15) is 15.2 Å². The predicted molar refractivity (Wildman–Crippen MR) is 74.5 cm³/mol. The molecular formula is C13H11BrFNOS. The molecule has 2 nitrogen and oxygen atoms in total. The summed E-state index contributed by atoms with van der Waals surface area (Å²) in [6.45, 7) is 0.421. The van der Waals surface area contributed by atoms with Gasteiger partial charge in [0.25, 0.3) is 5.91 Å². The molecule has 94 valence electrons. The van der Waals surface area contributed by atoms with Crippen molar-refractivity contribution in [3.63, 3.8) is 0 Å². The minimum atomic E-state index is -0.232. The summed E-state index contributed by atoms with van der Waals surface area (Å²) in [7, 11) is 0. The van der Waals surface area contributed by atoms with E-state index in [2.05, 4.69) is 21.2 Å². The zero-order valence-electron chi connectivity index (χ0n) is 9.45. The second-order valence-electron chi connectivity index (χ2n) is 3.69. The highest BCUT2D eigenvalue weighted by Crippen LogP contribution is 2.22. The number of amides is 1. The van der Waals surface area contributed by atoms with Crippen molar-refractivity contribution in [1.29, 1.82) is 0 Å². The van der Waals surface area contributed by atoms with Crippen LogP contribution in [-0.2, 0) is 6.42 Å². The smallest absolute Gasteiger partial charge is 0.262 e. The van der Waals surface area contributed by atoms with Crippen LogP contribution in [0.25, 0.3) is 0 Å². The Kier molecular flexibility index (Phi) is 4.49. The minimum absolute atomic E-state index is 0.131. The summed E-state index contributed by atoms with van der Waals surface area (Å²) in [4.78, 5) is 12.4. The molecular weight excluding hydrogens is 317 g/mol. The van der Waals surface area contributed by atoms with Gasteiger partial charge in [0, 0.05) is 11.0 Å². The molecule has 1 amide bonds. The third kappa shape index (κ3) is 3.17. The molecule has 0 spiro atoms. The van der Waals surface area contributed by atoms with Gasteiger partial charge >= 0.3 is 0 Å². The Labute approximate surface area is 117 Å². The molecule has 0 unspecified atom stereocenters. The van der Waals surface area contributed by atoms with E-state index in [-0.39, 0.29) is 11.7 Å². The highest BCUT2D eigenvalue weighted by Gasteiger charge is 2.10. The molecule has 5 heteroatoms. The number of hydrogen-bond acceptors (Lipinski definition) is 2. The molecule has 0 atom stereocenters. The third-order valence-corrected chi connectivity index (χ3v) is 4.30. The normalized spacial score (nSPS) is 10.3. The van der Waals surface area contributed by atoms with Crippen molar-refractivity contribution in [2.45, 2.75) is 6.42 Å². The van der Waals surface area contributed by atoms with Gasteiger partial charge in [-0.15, -0.1) is 11.3 Å². The molecule has 0 aliphatic carbocycles. The molecule has 0 saturated carbocycles. The lowest BCUT2D eigenvalue weighted by atomic mass is 10.1. The Bertz CT molecular complexity index is 555. The molecule has 1 heterocycles. The van der Waals surface area contributed by atoms with Crippen molar-refractivity contribution in [2.24, 2.45) is 0 Å². The fraction of sp³-hybridized carbons (Fsp3) is 0.154. The number of nitrogens with one attached hydrogen (secondary N) is 1. The van der Waals surface area contributed by atoms with E-state index >= 15 is 0 Å². The summed E-state index contributed by atoms with van der Waals surface area (Å²) in [6.07, 6.45) is 0.488. The molecule has 1 N–H and O–H groups in total. The lowest BCUT2D eigenvalue weighted by Crippen LogP contribution is -2.25. The van der Waals surface area contributed by atoms with Gasteiger partial charge in [-0.25, -0.2) is 4.39 Å². The topological polar surface area (TPSA) is 29.1 Å². The molecule has 0 radical (unpaired) electrons. The van der Waals surface area contributed by atoms with Crippen LogP contribution in [-0.4, -0.2) is 12.5 Å². The fourth-order valence-corrected chi connectivity index (χ4v) is 3.02. The highest BCUT2D eigenvalue weighted by atomic mass is 79.9. The lowest BCUT2D eigenvalue weighted by Gasteiger charge is -2.05. The van der Waals surface area contributed by atoms with Gasteiger partial charge in [0.2, 0.25) is 0 Å². The maximum atomic E-state index is 13.3. The van der Waals surface area contributed by atoms with Crippen LogP contribution in [0, 0.1) is 5.82 Å². The third-order valence-electron chi connectivity index (χ3n) is 2.46. The van der Waals surface area contributed by atoms with E-state index in [4.69, 9.17) is 0 Å². The van der Waals surface area contributed by atoms with Gasteiger partial charge < -0.3 is 5.32 Å². The minimum Gasteiger partial charge on any atom is -0.351 e. The largest absolute Gasteiger partial charge is 0.351 e. The fourth-order valence-electron chi connectivity index (χ4n) is 1.55. The average molecular weight is 328 g/mol. The van der Waals surface area contributed by atoms with Crippen LogP contribution in [0.5, 0.6) is 0 Å². The second kappa shape index (κ2) is 6.11. The number of halogens is 2. The molecule has 0 saturated heterocycles. The van der Waals surface area contributed by atoms with Gasteiger partial charge in [0.15, 0.2) is 0 Å². The Morgan fingerprint density at radius 2 is 2.11 bits per heavy atom. The molecule has 2 aromatic rings. The number of hydrogen-bond donors (Lipinski definition) is 1. The summed E-state index contributed by atoms with van der Waals surface area (Å²) in [5.74, 6) is -0.364. The molecule has 0 fully saturated rings. The van der Waals surface area contributed by atoms with Crippen LogP contribution in [0.2, 0.25) is 0 Å². The summed E-state index contributed by atoms with van der Waals surface area (Å²) in [5.41, 5.74) is 0.614. The standard InChI is InChI=1S/C13H11BrFNOS/c14-10-6-8-18-12(10)13(17)16-7-5-9-3-1-2-4-11(9)15/h1-4,6,8H,5,7H2,(H,16,17). The van der Waals surface area contributed by atoms with E-state index in [1.165, 1.54) is 17.4 Å². The van der Waals surface area contributed by atoms with E-state index in [0.29, 0.717) is 23.4 Å². The summed E-state index contributed by atoms with van der Waals surface area (Å²) >= 11 is 4.68. The van der Waals surface area contributed by atoms with Gasteiger partial charge in [-0.05, 0) is 45.4 Å². The Morgan fingerprint density at radius 3 is 2.78 bits per heavy atom. The summed E-state index contributed by atoms with van der Waals surface area (Å²) < 4.78 is 14.1. The Hall–Kier alpha value is -1.20. The monoisotopic (exact) mass is 327 g/mol. The van der Waals surface area contributed by atoms with Crippen molar-refractivity contribution in [2.75, 3.05) is 6.54 Å². The summed E-state index contributed by atoms with van der Waals surface area (Å²) in [6, 6.07) is 8.42. The predicted octanol–water partition coefficient (Wildman–Crippen LogP) is 3.62. The van der Waals surface area contributed by atoms with Crippen LogP contribution in [0.3, 0.4) is 0 Å². The van der Waals surface area contributed by atoms with Crippen LogP contribution >= 0.6 is 27.3 Å². The molecule has 0 bridgehead atoms. The number of carbonyl (C=O) groups is 1. The van der Waals surface area contributed by atoms with Gasteiger partial charge in [-0.1, -0.05) is 18.2 Å². The van der Waals surface area contributed by atoms with Crippen LogP contribution in [0.15, 0.2) is 40.2 Å². The van der Waals surface area contributed by atoms with Crippen molar-refractivity contribution in [1.82, 2.24) is 5.32 Å². The molecule has 18 heavy (non-hydrogen) atoms.